The Bertz CT molecular complexity index is 593. The lowest BCUT2D eigenvalue weighted by Crippen LogP contribution is -2.56. The van der Waals surface area contributed by atoms with Gasteiger partial charge in [0.25, 0.3) is 0 Å². The van der Waals surface area contributed by atoms with E-state index >= 15 is 0 Å². The molecule has 6 nitrogen and oxygen atoms in total. The Morgan fingerprint density at radius 2 is 1.88 bits per heavy atom. The summed E-state index contributed by atoms with van der Waals surface area (Å²) in [5.41, 5.74) is -0.808. The molecule has 0 atom stereocenters. The smallest absolute Gasteiger partial charge is 0.310 e. The number of benzene rings is 1. The standard InChI is InChI=1S/C19H25NO5/c21-17(12-19(18(22)23)8-4-9-19)20-13-16(14-20)25-11-5-10-24-15-6-2-1-3-7-15/h1-3,6-7,16H,4-5,8-14H2,(H,22,23). The molecule has 0 aromatic heterocycles. The van der Waals surface area contributed by atoms with E-state index in [0.717, 1.165) is 18.6 Å². The fraction of sp³-hybridized carbons (Fsp3) is 0.579. The van der Waals surface area contributed by atoms with Gasteiger partial charge in [0.15, 0.2) is 0 Å². The number of carboxylic acids is 1. The van der Waals surface area contributed by atoms with Crippen LogP contribution in [-0.4, -0.2) is 54.3 Å². The lowest BCUT2D eigenvalue weighted by atomic mass is 9.66. The summed E-state index contributed by atoms with van der Waals surface area (Å²) in [7, 11) is 0. The molecule has 0 radical (unpaired) electrons. The maximum absolute atomic E-state index is 12.2. The molecule has 1 saturated heterocycles. The first kappa shape index (κ1) is 17.7. The zero-order valence-electron chi connectivity index (χ0n) is 14.4. The number of hydrogen-bond acceptors (Lipinski definition) is 4. The van der Waals surface area contributed by atoms with Crippen molar-refractivity contribution in [2.24, 2.45) is 5.41 Å². The van der Waals surface area contributed by atoms with Crippen molar-refractivity contribution in [3.63, 3.8) is 0 Å². The van der Waals surface area contributed by atoms with Crippen molar-refractivity contribution in [1.29, 1.82) is 0 Å². The second-order valence-electron chi connectivity index (χ2n) is 6.92. The molecule has 0 unspecified atom stereocenters. The van der Waals surface area contributed by atoms with Crippen LogP contribution in [0.15, 0.2) is 30.3 Å². The molecule has 3 rings (SSSR count). The number of para-hydroxylation sites is 1. The molecule has 136 valence electrons. The fourth-order valence-corrected chi connectivity index (χ4v) is 3.23. The van der Waals surface area contributed by atoms with E-state index in [0.29, 0.717) is 39.1 Å². The highest BCUT2D eigenvalue weighted by Crippen LogP contribution is 2.44. The van der Waals surface area contributed by atoms with E-state index in [1.165, 1.54) is 0 Å². The van der Waals surface area contributed by atoms with Gasteiger partial charge in [-0.05, 0) is 25.0 Å². The quantitative estimate of drug-likeness (QED) is 0.694. The third-order valence-corrected chi connectivity index (χ3v) is 5.11. The minimum atomic E-state index is -0.834. The van der Waals surface area contributed by atoms with Gasteiger partial charge in [0.05, 0.1) is 24.7 Å². The predicted octanol–water partition coefficient (Wildman–Crippen LogP) is 2.33. The molecule has 1 aromatic rings. The van der Waals surface area contributed by atoms with Gasteiger partial charge in [-0.3, -0.25) is 9.59 Å². The average molecular weight is 347 g/mol. The highest BCUT2D eigenvalue weighted by molar-refractivity contribution is 5.86. The maximum Gasteiger partial charge on any atom is 0.310 e. The van der Waals surface area contributed by atoms with Crippen molar-refractivity contribution in [1.82, 2.24) is 4.90 Å². The molecule has 6 heteroatoms. The Kier molecular flexibility index (Phi) is 5.58. The highest BCUT2D eigenvalue weighted by Gasteiger charge is 2.47. The summed E-state index contributed by atoms with van der Waals surface area (Å²) in [5, 5.41) is 9.30. The lowest BCUT2D eigenvalue weighted by Gasteiger charge is -2.43. The Morgan fingerprint density at radius 3 is 2.48 bits per heavy atom. The summed E-state index contributed by atoms with van der Waals surface area (Å²) in [5.74, 6) is -0.0422. The topological polar surface area (TPSA) is 76.1 Å². The average Bonchev–Trinajstić information content (AvgIpc) is 2.52. The van der Waals surface area contributed by atoms with Crippen LogP contribution in [0.5, 0.6) is 5.75 Å². The molecule has 1 aromatic carbocycles. The lowest BCUT2D eigenvalue weighted by molar-refractivity contribution is -0.163. The van der Waals surface area contributed by atoms with Crippen molar-refractivity contribution in [2.45, 2.75) is 38.2 Å². The molecule has 1 N–H and O–H groups in total. The van der Waals surface area contributed by atoms with Gasteiger partial charge < -0.3 is 19.5 Å². The number of amides is 1. The van der Waals surface area contributed by atoms with Crippen LogP contribution in [0.3, 0.4) is 0 Å². The number of likely N-dealkylation sites (tertiary alicyclic amines) is 1. The molecule has 0 spiro atoms. The molecule has 0 bridgehead atoms. The van der Waals surface area contributed by atoms with Gasteiger partial charge in [-0.25, -0.2) is 0 Å². The second kappa shape index (κ2) is 7.87. The van der Waals surface area contributed by atoms with Gasteiger partial charge in [0, 0.05) is 25.9 Å². The molecule has 1 aliphatic carbocycles. The molecular weight excluding hydrogens is 322 g/mol. The van der Waals surface area contributed by atoms with Gasteiger partial charge in [-0.1, -0.05) is 24.6 Å². The molecule has 1 aliphatic heterocycles. The second-order valence-corrected chi connectivity index (χ2v) is 6.92. The third kappa shape index (κ3) is 4.31. The van der Waals surface area contributed by atoms with Gasteiger partial charge in [-0.15, -0.1) is 0 Å². The molecule has 1 heterocycles. The van der Waals surface area contributed by atoms with Gasteiger partial charge >= 0.3 is 5.97 Å². The summed E-state index contributed by atoms with van der Waals surface area (Å²) in [6.07, 6.45) is 3.10. The van der Waals surface area contributed by atoms with Crippen molar-refractivity contribution in [2.75, 3.05) is 26.3 Å². The largest absolute Gasteiger partial charge is 0.494 e. The van der Waals surface area contributed by atoms with Crippen LogP contribution in [0, 0.1) is 5.41 Å². The Morgan fingerprint density at radius 1 is 1.16 bits per heavy atom. The van der Waals surface area contributed by atoms with Crippen LogP contribution in [0.25, 0.3) is 0 Å². The third-order valence-electron chi connectivity index (χ3n) is 5.11. The van der Waals surface area contributed by atoms with Gasteiger partial charge in [-0.2, -0.15) is 0 Å². The van der Waals surface area contributed by atoms with Crippen molar-refractivity contribution >= 4 is 11.9 Å². The Hall–Kier alpha value is -2.08. The number of carboxylic acid groups (broad SMARTS) is 1. The van der Waals surface area contributed by atoms with Crippen LogP contribution in [0.2, 0.25) is 0 Å². The highest BCUT2D eigenvalue weighted by atomic mass is 16.5. The first-order valence-corrected chi connectivity index (χ1v) is 8.90. The first-order chi connectivity index (χ1) is 12.1. The fourth-order valence-electron chi connectivity index (χ4n) is 3.23. The minimum Gasteiger partial charge on any atom is -0.494 e. The normalized spacial score (nSPS) is 19.0. The van der Waals surface area contributed by atoms with Crippen molar-refractivity contribution in [3.8, 4) is 5.75 Å². The molecular formula is C19H25NO5. The van der Waals surface area contributed by atoms with Crippen molar-refractivity contribution in [3.05, 3.63) is 30.3 Å². The van der Waals surface area contributed by atoms with Crippen LogP contribution in [0.1, 0.15) is 32.1 Å². The molecule has 1 amide bonds. The van der Waals surface area contributed by atoms with Crippen LogP contribution < -0.4 is 4.74 Å². The first-order valence-electron chi connectivity index (χ1n) is 8.90. The molecule has 25 heavy (non-hydrogen) atoms. The van der Waals surface area contributed by atoms with Crippen LogP contribution in [0.4, 0.5) is 0 Å². The summed E-state index contributed by atoms with van der Waals surface area (Å²) < 4.78 is 11.3. The maximum atomic E-state index is 12.2. The van der Waals surface area contributed by atoms with E-state index < -0.39 is 11.4 Å². The number of carbonyl (C=O) groups is 2. The van der Waals surface area contributed by atoms with Crippen LogP contribution in [-0.2, 0) is 14.3 Å². The van der Waals surface area contributed by atoms with Gasteiger partial charge in [0.1, 0.15) is 5.75 Å². The van der Waals surface area contributed by atoms with E-state index in [9.17, 15) is 14.7 Å². The number of aliphatic carboxylic acids is 1. The SMILES string of the molecule is O=C(CC1(C(=O)O)CCC1)N1CC(OCCCOc2ccccc2)C1. The van der Waals surface area contributed by atoms with E-state index in [2.05, 4.69) is 0 Å². The van der Waals surface area contributed by atoms with E-state index in [1.807, 2.05) is 30.3 Å². The van der Waals surface area contributed by atoms with Crippen LogP contribution >= 0.6 is 0 Å². The number of nitrogens with zero attached hydrogens (tertiary/aromatic N) is 1. The Balaban J connectivity index is 1.27. The summed E-state index contributed by atoms with van der Waals surface area (Å²) in [6.45, 7) is 2.32. The van der Waals surface area contributed by atoms with Crippen molar-refractivity contribution < 1.29 is 24.2 Å². The van der Waals surface area contributed by atoms with Gasteiger partial charge in [0.2, 0.25) is 5.91 Å². The monoisotopic (exact) mass is 347 g/mol. The molecule has 1 saturated carbocycles. The summed E-state index contributed by atoms with van der Waals surface area (Å²) in [6, 6.07) is 9.65. The molecule has 2 fully saturated rings. The summed E-state index contributed by atoms with van der Waals surface area (Å²) >= 11 is 0. The van der Waals surface area contributed by atoms with E-state index in [4.69, 9.17) is 9.47 Å². The molecule has 2 aliphatic rings. The summed E-state index contributed by atoms with van der Waals surface area (Å²) in [4.78, 5) is 25.2. The number of hydrogen-bond donors (Lipinski definition) is 1. The minimum absolute atomic E-state index is 0.0582. The Labute approximate surface area is 147 Å². The number of carbonyl (C=O) groups excluding carboxylic acids is 1. The zero-order chi connectivity index (χ0) is 17.7. The number of ether oxygens (including phenoxy) is 2. The predicted molar refractivity (Wildman–Crippen MR) is 91.4 cm³/mol. The van der Waals surface area contributed by atoms with E-state index in [-0.39, 0.29) is 18.4 Å². The number of rotatable bonds is 9. The van der Waals surface area contributed by atoms with E-state index in [1.54, 1.807) is 4.90 Å². The zero-order valence-corrected chi connectivity index (χ0v) is 14.4.